The van der Waals surface area contributed by atoms with Gasteiger partial charge in [0.1, 0.15) is 0 Å². The Kier molecular flexibility index (Phi) is 7.29. The third-order valence-corrected chi connectivity index (χ3v) is 4.25. The number of rotatable bonds is 8. The monoisotopic (exact) mass is 341 g/mol. The number of nitrogens with one attached hydrogen (secondary N) is 1. The molecule has 0 aliphatic heterocycles. The van der Waals surface area contributed by atoms with Crippen LogP contribution in [0.5, 0.6) is 0 Å². The highest BCUT2D eigenvalue weighted by atomic mass is 16.3. The number of benzene rings is 2. The quantitative estimate of drug-likeness (QED) is 0.776. The van der Waals surface area contributed by atoms with Gasteiger partial charge < -0.3 is 20.2 Å². The molecule has 0 fully saturated rings. The number of anilines is 1. The summed E-state index contributed by atoms with van der Waals surface area (Å²) in [7, 11) is 2.02. The summed E-state index contributed by atoms with van der Waals surface area (Å²) >= 11 is 0. The van der Waals surface area contributed by atoms with Gasteiger partial charge in [0.2, 0.25) is 0 Å². The van der Waals surface area contributed by atoms with Crippen LogP contribution in [0.3, 0.4) is 0 Å². The molecule has 0 saturated heterocycles. The average Bonchev–Trinajstić information content (AvgIpc) is 2.66. The molecule has 25 heavy (non-hydrogen) atoms. The Hall–Kier alpha value is -2.53. The van der Waals surface area contributed by atoms with Crippen molar-refractivity contribution in [2.75, 3.05) is 31.6 Å². The molecule has 2 amide bonds. The molecule has 0 aromatic heterocycles. The van der Waals surface area contributed by atoms with Crippen LogP contribution in [0.1, 0.15) is 12.5 Å². The summed E-state index contributed by atoms with van der Waals surface area (Å²) in [6.45, 7) is 3.33. The molecule has 0 aliphatic rings. The molecule has 1 atom stereocenters. The third kappa shape index (κ3) is 5.80. The fraction of sp³-hybridized carbons (Fsp3) is 0.350. The van der Waals surface area contributed by atoms with E-state index in [1.807, 2.05) is 67.7 Å². The van der Waals surface area contributed by atoms with Gasteiger partial charge in [-0.05, 0) is 24.6 Å². The number of carbonyl (C=O) groups excluding carboxylic acids is 1. The van der Waals surface area contributed by atoms with Crippen LogP contribution in [0.25, 0.3) is 0 Å². The van der Waals surface area contributed by atoms with Gasteiger partial charge in [0, 0.05) is 38.4 Å². The summed E-state index contributed by atoms with van der Waals surface area (Å²) in [5.74, 6) is 0. The lowest BCUT2D eigenvalue weighted by Gasteiger charge is -2.29. The van der Waals surface area contributed by atoms with Crippen molar-refractivity contribution in [1.82, 2.24) is 10.2 Å². The van der Waals surface area contributed by atoms with Crippen LogP contribution < -0.4 is 10.2 Å². The lowest BCUT2D eigenvalue weighted by atomic mass is 10.2. The van der Waals surface area contributed by atoms with Gasteiger partial charge in [-0.1, -0.05) is 48.5 Å². The number of para-hydroxylation sites is 1. The molecule has 2 aromatic rings. The molecular formula is C20H27N3O2. The highest BCUT2D eigenvalue weighted by Gasteiger charge is 2.16. The van der Waals surface area contributed by atoms with E-state index in [4.69, 9.17) is 0 Å². The minimum Gasteiger partial charge on any atom is -0.395 e. The van der Waals surface area contributed by atoms with Crippen molar-refractivity contribution in [3.63, 3.8) is 0 Å². The van der Waals surface area contributed by atoms with E-state index in [-0.39, 0.29) is 18.7 Å². The van der Waals surface area contributed by atoms with Crippen LogP contribution in [-0.2, 0) is 6.54 Å². The van der Waals surface area contributed by atoms with Crippen molar-refractivity contribution in [3.05, 3.63) is 66.2 Å². The molecule has 0 bridgehead atoms. The molecule has 0 spiro atoms. The van der Waals surface area contributed by atoms with Gasteiger partial charge in [-0.2, -0.15) is 0 Å². The highest BCUT2D eigenvalue weighted by molar-refractivity contribution is 5.74. The van der Waals surface area contributed by atoms with E-state index in [0.29, 0.717) is 19.6 Å². The second-order valence-electron chi connectivity index (χ2n) is 6.11. The van der Waals surface area contributed by atoms with Gasteiger partial charge in [-0.25, -0.2) is 4.79 Å². The van der Waals surface area contributed by atoms with E-state index >= 15 is 0 Å². The minimum atomic E-state index is -0.161. The lowest BCUT2D eigenvalue weighted by Crippen LogP contribution is -2.46. The van der Waals surface area contributed by atoms with E-state index in [2.05, 4.69) is 17.1 Å². The van der Waals surface area contributed by atoms with E-state index in [1.54, 1.807) is 4.90 Å². The normalized spacial score (nSPS) is 11.6. The number of carbonyl (C=O) groups is 1. The largest absolute Gasteiger partial charge is 0.395 e. The summed E-state index contributed by atoms with van der Waals surface area (Å²) in [6, 6.07) is 19.9. The van der Waals surface area contributed by atoms with Crippen LogP contribution >= 0.6 is 0 Å². The average molecular weight is 341 g/mol. The van der Waals surface area contributed by atoms with Crippen LogP contribution in [0.15, 0.2) is 60.7 Å². The zero-order valence-electron chi connectivity index (χ0n) is 14.9. The molecule has 1 unspecified atom stereocenters. The van der Waals surface area contributed by atoms with Gasteiger partial charge in [0.25, 0.3) is 0 Å². The molecule has 0 aliphatic carbocycles. The molecule has 5 nitrogen and oxygen atoms in total. The number of urea groups is 1. The molecule has 134 valence electrons. The first-order chi connectivity index (χ1) is 12.1. The standard InChI is InChI=1S/C20H27N3O2/c1-17(22(2)19-11-7-4-8-12-19)15-21-20(25)23(13-14-24)16-18-9-5-3-6-10-18/h3-12,17,24H,13-16H2,1-2H3,(H,21,25). The summed E-state index contributed by atoms with van der Waals surface area (Å²) in [5.41, 5.74) is 2.15. The Labute approximate surface area is 149 Å². The molecule has 0 heterocycles. The van der Waals surface area contributed by atoms with Gasteiger partial charge in [0.05, 0.1) is 6.61 Å². The first-order valence-corrected chi connectivity index (χ1v) is 8.57. The molecule has 0 saturated carbocycles. The van der Waals surface area contributed by atoms with Gasteiger partial charge >= 0.3 is 6.03 Å². The molecule has 2 aromatic carbocycles. The van der Waals surface area contributed by atoms with Gasteiger partial charge in [0.15, 0.2) is 0 Å². The predicted molar refractivity (Wildman–Crippen MR) is 102 cm³/mol. The van der Waals surface area contributed by atoms with Crippen molar-refractivity contribution in [1.29, 1.82) is 0 Å². The van der Waals surface area contributed by atoms with Crippen LogP contribution in [-0.4, -0.2) is 48.8 Å². The zero-order valence-corrected chi connectivity index (χ0v) is 14.9. The maximum atomic E-state index is 12.5. The smallest absolute Gasteiger partial charge is 0.317 e. The second-order valence-corrected chi connectivity index (χ2v) is 6.11. The Bertz CT molecular complexity index is 634. The van der Waals surface area contributed by atoms with Gasteiger partial charge in [-0.3, -0.25) is 0 Å². The van der Waals surface area contributed by atoms with Crippen molar-refractivity contribution in [3.8, 4) is 0 Å². The van der Waals surface area contributed by atoms with Gasteiger partial charge in [-0.15, -0.1) is 0 Å². The molecule has 5 heteroatoms. The van der Waals surface area contributed by atoms with E-state index in [1.165, 1.54) is 0 Å². The maximum absolute atomic E-state index is 12.5. The first kappa shape index (κ1) is 18.8. The first-order valence-electron chi connectivity index (χ1n) is 8.57. The lowest BCUT2D eigenvalue weighted by molar-refractivity contribution is 0.173. The van der Waals surface area contributed by atoms with Crippen LogP contribution in [0.2, 0.25) is 0 Å². The Morgan fingerprint density at radius 1 is 1.08 bits per heavy atom. The van der Waals surface area contributed by atoms with E-state index < -0.39 is 0 Å². The Morgan fingerprint density at radius 3 is 2.28 bits per heavy atom. The number of nitrogens with zero attached hydrogens (tertiary/aromatic N) is 2. The molecule has 2 N–H and O–H groups in total. The van der Waals surface area contributed by atoms with E-state index in [0.717, 1.165) is 11.3 Å². The molecule has 0 radical (unpaired) electrons. The number of hydrogen-bond acceptors (Lipinski definition) is 3. The summed E-state index contributed by atoms with van der Waals surface area (Å²) < 4.78 is 0. The summed E-state index contributed by atoms with van der Waals surface area (Å²) in [4.78, 5) is 16.2. The fourth-order valence-electron chi connectivity index (χ4n) is 2.58. The fourth-order valence-corrected chi connectivity index (χ4v) is 2.58. The minimum absolute atomic E-state index is 0.0558. The Balaban J connectivity index is 1.89. The number of aliphatic hydroxyl groups is 1. The van der Waals surface area contributed by atoms with Crippen LogP contribution in [0.4, 0.5) is 10.5 Å². The summed E-state index contributed by atoms with van der Waals surface area (Å²) in [6.07, 6.45) is 0. The third-order valence-electron chi connectivity index (χ3n) is 4.25. The second kappa shape index (κ2) is 9.69. The van der Waals surface area contributed by atoms with Crippen molar-refractivity contribution in [2.45, 2.75) is 19.5 Å². The number of amides is 2. The predicted octanol–water partition coefficient (Wildman–Crippen LogP) is 2.72. The van der Waals surface area contributed by atoms with Crippen LogP contribution in [0, 0.1) is 0 Å². The molecular weight excluding hydrogens is 314 g/mol. The van der Waals surface area contributed by atoms with E-state index in [9.17, 15) is 9.90 Å². The summed E-state index contributed by atoms with van der Waals surface area (Å²) in [5, 5.41) is 12.2. The van der Waals surface area contributed by atoms with Crippen molar-refractivity contribution in [2.24, 2.45) is 0 Å². The Morgan fingerprint density at radius 2 is 1.68 bits per heavy atom. The SMILES string of the molecule is CC(CNC(=O)N(CCO)Cc1ccccc1)N(C)c1ccccc1. The number of likely N-dealkylation sites (N-methyl/N-ethyl adjacent to an activating group) is 1. The topological polar surface area (TPSA) is 55.8 Å². The van der Waals surface area contributed by atoms with Crippen molar-refractivity contribution < 1.29 is 9.90 Å². The van der Waals surface area contributed by atoms with Crippen molar-refractivity contribution >= 4 is 11.7 Å². The zero-order chi connectivity index (χ0) is 18.1. The number of aliphatic hydroxyl groups excluding tert-OH is 1. The molecule has 2 rings (SSSR count). The highest BCUT2D eigenvalue weighted by Crippen LogP contribution is 2.13. The maximum Gasteiger partial charge on any atom is 0.317 e. The number of hydrogen-bond donors (Lipinski definition) is 2.